The summed E-state index contributed by atoms with van der Waals surface area (Å²) >= 11 is 7.23. The Bertz CT molecular complexity index is 353. The summed E-state index contributed by atoms with van der Waals surface area (Å²) in [6.07, 6.45) is 3.81. The maximum Gasteiger partial charge on any atom is 0.108 e. The molecule has 0 amide bonds. The van der Waals surface area contributed by atoms with E-state index >= 15 is 0 Å². The number of alkyl halides is 1. The lowest BCUT2D eigenvalue weighted by Gasteiger charge is -1.86. The molecule has 62 valence electrons. The van der Waals surface area contributed by atoms with Gasteiger partial charge in [-0.1, -0.05) is 0 Å². The van der Waals surface area contributed by atoms with Crippen molar-refractivity contribution in [2.24, 2.45) is 0 Å². The molecule has 12 heavy (non-hydrogen) atoms. The largest absolute Gasteiger partial charge is 0.367 e. The van der Waals surface area contributed by atoms with Gasteiger partial charge in [-0.15, -0.1) is 22.9 Å². The zero-order valence-corrected chi connectivity index (χ0v) is 7.82. The molecule has 0 aliphatic heterocycles. The van der Waals surface area contributed by atoms with Crippen LogP contribution in [-0.4, -0.2) is 9.97 Å². The first-order valence-electron chi connectivity index (χ1n) is 3.53. The highest BCUT2D eigenvalue weighted by atomic mass is 35.5. The Morgan fingerprint density at radius 3 is 3.08 bits per heavy atom. The first-order valence-corrected chi connectivity index (χ1v) is 4.95. The lowest BCUT2D eigenvalue weighted by atomic mass is 10.3. The van der Waals surface area contributed by atoms with Crippen LogP contribution in [0.3, 0.4) is 0 Å². The number of thiazole rings is 1. The predicted molar refractivity (Wildman–Crippen MR) is 51.5 cm³/mol. The van der Waals surface area contributed by atoms with E-state index in [9.17, 15) is 0 Å². The molecule has 0 aliphatic carbocycles. The maximum absolute atomic E-state index is 5.64. The molecule has 2 nitrogen and oxygen atoms in total. The van der Waals surface area contributed by atoms with Gasteiger partial charge in [0.25, 0.3) is 0 Å². The molecule has 2 rings (SSSR count). The summed E-state index contributed by atoms with van der Waals surface area (Å²) in [5.41, 5.74) is 2.11. The standard InChI is InChI=1S/C8H7ClN2S/c9-3-8-11-7(5-12-8)6-1-2-10-4-6/h1-2,4-5,10H,3H2. The zero-order valence-electron chi connectivity index (χ0n) is 6.25. The highest BCUT2D eigenvalue weighted by Gasteiger charge is 2.02. The molecule has 0 atom stereocenters. The molecular weight excluding hydrogens is 192 g/mol. The number of nitrogens with zero attached hydrogens (tertiary/aromatic N) is 1. The number of rotatable bonds is 2. The van der Waals surface area contributed by atoms with Crippen molar-refractivity contribution in [2.45, 2.75) is 5.88 Å². The molecule has 0 saturated heterocycles. The fraction of sp³-hybridized carbons (Fsp3) is 0.125. The van der Waals surface area contributed by atoms with Crippen LogP contribution in [-0.2, 0) is 5.88 Å². The van der Waals surface area contributed by atoms with Crippen LogP contribution in [0, 0.1) is 0 Å². The fourth-order valence-electron chi connectivity index (χ4n) is 0.988. The lowest BCUT2D eigenvalue weighted by Crippen LogP contribution is -1.75. The average molecular weight is 199 g/mol. The Morgan fingerprint density at radius 2 is 2.50 bits per heavy atom. The Morgan fingerprint density at radius 1 is 1.58 bits per heavy atom. The van der Waals surface area contributed by atoms with Crippen LogP contribution in [0.2, 0.25) is 0 Å². The summed E-state index contributed by atoms with van der Waals surface area (Å²) in [4.78, 5) is 7.32. The van der Waals surface area contributed by atoms with Gasteiger partial charge in [0.05, 0.1) is 11.6 Å². The third kappa shape index (κ3) is 1.38. The van der Waals surface area contributed by atoms with Gasteiger partial charge in [-0.05, 0) is 6.07 Å². The summed E-state index contributed by atoms with van der Waals surface area (Å²) in [6.45, 7) is 0. The van der Waals surface area contributed by atoms with Crippen LogP contribution < -0.4 is 0 Å². The topological polar surface area (TPSA) is 28.7 Å². The first kappa shape index (κ1) is 7.83. The number of H-pyrrole nitrogens is 1. The SMILES string of the molecule is ClCc1nc(-c2cc[nH]c2)cs1. The van der Waals surface area contributed by atoms with Crippen molar-refractivity contribution < 1.29 is 0 Å². The fourth-order valence-corrected chi connectivity index (χ4v) is 1.89. The van der Waals surface area contributed by atoms with E-state index in [1.54, 1.807) is 11.3 Å². The van der Waals surface area contributed by atoms with E-state index in [-0.39, 0.29) is 0 Å². The Hall–Kier alpha value is -0.800. The number of hydrogen-bond donors (Lipinski definition) is 1. The van der Waals surface area contributed by atoms with Crippen molar-refractivity contribution in [3.63, 3.8) is 0 Å². The zero-order chi connectivity index (χ0) is 8.39. The van der Waals surface area contributed by atoms with E-state index in [0.29, 0.717) is 5.88 Å². The van der Waals surface area contributed by atoms with Gasteiger partial charge in [0.15, 0.2) is 0 Å². The van der Waals surface area contributed by atoms with Crippen LogP contribution in [0.15, 0.2) is 23.8 Å². The van der Waals surface area contributed by atoms with Crippen LogP contribution in [0.1, 0.15) is 5.01 Å². The van der Waals surface area contributed by atoms with Crippen molar-refractivity contribution in [3.8, 4) is 11.3 Å². The molecule has 0 unspecified atom stereocenters. The third-order valence-corrected chi connectivity index (χ3v) is 2.82. The third-order valence-electron chi connectivity index (χ3n) is 1.56. The van der Waals surface area contributed by atoms with E-state index in [1.807, 2.05) is 23.8 Å². The average Bonchev–Trinajstić information content (AvgIpc) is 2.75. The smallest absolute Gasteiger partial charge is 0.108 e. The second-order valence-corrected chi connectivity index (χ2v) is 3.57. The minimum absolute atomic E-state index is 0.495. The second kappa shape index (κ2) is 3.29. The molecule has 0 aromatic carbocycles. The molecule has 2 aromatic heterocycles. The summed E-state index contributed by atoms with van der Waals surface area (Å²) < 4.78 is 0. The lowest BCUT2D eigenvalue weighted by molar-refractivity contribution is 1.26. The molecule has 0 saturated carbocycles. The first-order chi connectivity index (χ1) is 5.90. The summed E-state index contributed by atoms with van der Waals surface area (Å²) in [5.74, 6) is 0.495. The van der Waals surface area contributed by atoms with Crippen LogP contribution in [0.5, 0.6) is 0 Å². The molecule has 4 heteroatoms. The molecule has 2 aromatic rings. The Kier molecular flexibility index (Phi) is 2.15. The van der Waals surface area contributed by atoms with E-state index in [4.69, 9.17) is 11.6 Å². The Balaban J connectivity index is 2.35. The van der Waals surface area contributed by atoms with Crippen LogP contribution in [0.4, 0.5) is 0 Å². The molecule has 2 heterocycles. The molecule has 0 aliphatic rings. The van der Waals surface area contributed by atoms with Gasteiger partial charge in [0.1, 0.15) is 5.01 Å². The van der Waals surface area contributed by atoms with Gasteiger partial charge >= 0.3 is 0 Å². The van der Waals surface area contributed by atoms with Crippen molar-refractivity contribution in [2.75, 3.05) is 0 Å². The summed E-state index contributed by atoms with van der Waals surface area (Å²) in [5, 5.41) is 2.98. The number of halogens is 1. The molecule has 0 bridgehead atoms. The van der Waals surface area contributed by atoms with E-state index in [0.717, 1.165) is 16.3 Å². The molecule has 1 N–H and O–H groups in total. The Labute approximate surface area is 79.2 Å². The van der Waals surface area contributed by atoms with E-state index in [2.05, 4.69) is 9.97 Å². The van der Waals surface area contributed by atoms with Crippen molar-refractivity contribution in [1.29, 1.82) is 0 Å². The monoisotopic (exact) mass is 198 g/mol. The number of aromatic amines is 1. The van der Waals surface area contributed by atoms with E-state index < -0.39 is 0 Å². The number of nitrogens with one attached hydrogen (secondary N) is 1. The van der Waals surface area contributed by atoms with Gasteiger partial charge < -0.3 is 4.98 Å². The van der Waals surface area contributed by atoms with Gasteiger partial charge in [-0.3, -0.25) is 0 Å². The van der Waals surface area contributed by atoms with Gasteiger partial charge in [0.2, 0.25) is 0 Å². The predicted octanol–water partition coefficient (Wildman–Crippen LogP) is 2.88. The quantitative estimate of drug-likeness (QED) is 0.739. The molecule has 0 spiro atoms. The molecular formula is C8H7ClN2S. The minimum atomic E-state index is 0.495. The molecule has 0 radical (unpaired) electrons. The van der Waals surface area contributed by atoms with Gasteiger partial charge in [-0.25, -0.2) is 4.98 Å². The van der Waals surface area contributed by atoms with Crippen molar-refractivity contribution >= 4 is 22.9 Å². The summed E-state index contributed by atoms with van der Waals surface area (Å²) in [7, 11) is 0. The minimum Gasteiger partial charge on any atom is -0.367 e. The second-order valence-electron chi connectivity index (χ2n) is 2.36. The van der Waals surface area contributed by atoms with Crippen LogP contribution in [0.25, 0.3) is 11.3 Å². The van der Waals surface area contributed by atoms with Gasteiger partial charge in [-0.2, -0.15) is 0 Å². The van der Waals surface area contributed by atoms with Crippen molar-refractivity contribution in [3.05, 3.63) is 28.8 Å². The molecule has 0 fully saturated rings. The van der Waals surface area contributed by atoms with Crippen molar-refractivity contribution in [1.82, 2.24) is 9.97 Å². The van der Waals surface area contributed by atoms with E-state index in [1.165, 1.54) is 0 Å². The highest BCUT2D eigenvalue weighted by Crippen LogP contribution is 2.21. The number of hydrogen-bond acceptors (Lipinski definition) is 2. The van der Waals surface area contributed by atoms with Crippen LogP contribution >= 0.6 is 22.9 Å². The van der Waals surface area contributed by atoms with Gasteiger partial charge in [0, 0.05) is 23.3 Å². The number of aromatic nitrogens is 2. The normalized spacial score (nSPS) is 10.4. The highest BCUT2D eigenvalue weighted by molar-refractivity contribution is 7.10. The maximum atomic E-state index is 5.64. The summed E-state index contributed by atoms with van der Waals surface area (Å²) in [6, 6.07) is 1.99.